The maximum atomic E-state index is 12.3. The highest BCUT2D eigenvalue weighted by Crippen LogP contribution is 2.30. The lowest BCUT2D eigenvalue weighted by Crippen LogP contribution is -2.36. The van der Waals surface area contributed by atoms with E-state index >= 15 is 0 Å². The second-order valence-corrected chi connectivity index (χ2v) is 5.66. The van der Waals surface area contributed by atoms with E-state index in [0.717, 1.165) is 5.69 Å². The maximum Gasteiger partial charge on any atom is 0.389 e. The molecule has 0 bridgehead atoms. The SMILES string of the molecule is CN(c1ccccc1)c1ccccc1NC(=O)C(N)CCC(F)(F)F. The number of nitrogens with one attached hydrogen (secondary N) is 1. The fourth-order valence-corrected chi connectivity index (χ4v) is 2.34. The summed E-state index contributed by atoms with van der Waals surface area (Å²) in [7, 11) is 1.84. The third-order valence-electron chi connectivity index (χ3n) is 3.74. The summed E-state index contributed by atoms with van der Waals surface area (Å²) in [5.74, 6) is -0.641. The first-order valence-electron chi connectivity index (χ1n) is 7.79. The zero-order valence-corrected chi connectivity index (χ0v) is 13.8. The summed E-state index contributed by atoms with van der Waals surface area (Å²) >= 11 is 0. The third kappa shape index (κ3) is 5.49. The van der Waals surface area contributed by atoms with Crippen LogP contribution in [0, 0.1) is 0 Å². The Morgan fingerprint density at radius 2 is 1.72 bits per heavy atom. The fraction of sp³-hybridized carbons (Fsp3) is 0.278. The Morgan fingerprint density at radius 1 is 1.12 bits per heavy atom. The van der Waals surface area contributed by atoms with E-state index in [0.29, 0.717) is 11.4 Å². The van der Waals surface area contributed by atoms with Crippen LogP contribution in [0.4, 0.5) is 30.2 Å². The molecule has 0 saturated carbocycles. The van der Waals surface area contributed by atoms with Crippen molar-refractivity contribution in [2.45, 2.75) is 25.1 Å². The summed E-state index contributed by atoms with van der Waals surface area (Å²) in [4.78, 5) is 14.0. The van der Waals surface area contributed by atoms with Gasteiger partial charge >= 0.3 is 6.18 Å². The summed E-state index contributed by atoms with van der Waals surface area (Å²) in [6.45, 7) is 0. The first-order chi connectivity index (χ1) is 11.8. The first kappa shape index (κ1) is 18.8. The van der Waals surface area contributed by atoms with Crippen LogP contribution in [-0.4, -0.2) is 25.2 Å². The molecule has 0 saturated heterocycles. The van der Waals surface area contributed by atoms with Crippen molar-refractivity contribution in [1.82, 2.24) is 0 Å². The molecular weight excluding hydrogens is 331 g/mol. The second-order valence-electron chi connectivity index (χ2n) is 5.66. The van der Waals surface area contributed by atoms with Crippen LogP contribution in [0.25, 0.3) is 0 Å². The van der Waals surface area contributed by atoms with E-state index in [1.807, 2.05) is 54.4 Å². The highest BCUT2D eigenvalue weighted by molar-refractivity contribution is 5.98. The number of amides is 1. The van der Waals surface area contributed by atoms with Gasteiger partial charge in [-0.15, -0.1) is 0 Å². The lowest BCUT2D eigenvalue weighted by atomic mass is 10.1. The number of benzene rings is 2. The van der Waals surface area contributed by atoms with E-state index in [4.69, 9.17) is 5.73 Å². The Balaban J connectivity index is 2.11. The van der Waals surface area contributed by atoms with E-state index in [9.17, 15) is 18.0 Å². The number of anilines is 3. The van der Waals surface area contributed by atoms with Crippen molar-refractivity contribution in [2.75, 3.05) is 17.3 Å². The minimum atomic E-state index is -4.33. The van der Waals surface area contributed by atoms with Gasteiger partial charge < -0.3 is 16.0 Å². The molecule has 7 heteroatoms. The number of para-hydroxylation sites is 3. The van der Waals surface area contributed by atoms with E-state index < -0.39 is 31.0 Å². The largest absolute Gasteiger partial charge is 0.389 e. The van der Waals surface area contributed by atoms with Gasteiger partial charge in [0.05, 0.1) is 17.4 Å². The molecule has 1 amide bonds. The average molecular weight is 351 g/mol. The van der Waals surface area contributed by atoms with Crippen molar-refractivity contribution >= 4 is 23.0 Å². The van der Waals surface area contributed by atoms with Crippen LogP contribution < -0.4 is 16.0 Å². The molecule has 0 aromatic heterocycles. The molecule has 134 valence electrons. The lowest BCUT2D eigenvalue weighted by Gasteiger charge is -2.23. The molecule has 0 aliphatic rings. The molecule has 3 N–H and O–H groups in total. The molecule has 0 aliphatic heterocycles. The Labute approximate surface area is 144 Å². The number of nitrogens with zero attached hydrogens (tertiary/aromatic N) is 1. The van der Waals surface area contributed by atoms with Gasteiger partial charge in [0, 0.05) is 19.2 Å². The van der Waals surface area contributed by atoms with Crippen molar-refractivity contribution in [3.8, 4) is 0 Å². The molecule has 2 aromatic carbocycles. The average Bonchev–Trinajstić information content (AvgIpc) is 2.59. The molecule has 2 aromatic rings. The van der Waals surface area contributed by atoms with E-state index in [1.165, 1.54) is 0 Å². The lowest BCUT2D eigenvalue weighted by molar-refractivity contribution is -0.137. The monoisotopic (exact) mass is 351 g/mol. The zero-order valence-electron chi connectivity index (χ0n) is 13.8. The number of halogens is 3. The molecule has 0 spiro atoms. The predicted molar refractivity (Wildman–Crippen MR) is 92.8 cm³/mol. The van der Waals surface area contributed by atoms with Crippen molar-refractivity contribution in [3.63, 3.8) is 0 Å². The summed E-state index contributed by atoms with van der Waals surface area (Å²) in [5.41, 5.74) is 7.69. The second kappa shape index (κ2) is 8.02. The van der Waals surface area contributed by atoms with Gasteiger partial charge in [-0.3, -0.25) is 4.79 Å². The molecule has 4 nitrogen and oxygen atoms in total. The molecule has 25 heavy (non-hydrogen) atoms. The number of alkyl halides is 3. The Kier molecular flexibility index (Phi) is 6.03. The van der Waals surface area contributed by atoms with Gasteiger partial charge in [-0.05, 0) is 30.7 Å². The third-order valence-corrected chi connectivity index (χ3v) is 3.74. The number of carbonyl (C=O) groups excluding carboxylic acids is 1. The van der Waals surface area contributed by atoms with Gasteiger partial charge in [0.1, 0.15) is 0 Å². The van der Waals surface area contributed by atoms with Crippen molar-refractivity contribution < 1.29 is 18.0 Å². The van der Waals surface area contributed by atoms with Gasteiger partial charge in [0.25, 0.3) is 0 Å². The first-order valence-corrected chi connectivity index (χ1v) is 7.79. The molecule has 1 unspecified atom stereocenters. The van der Waals surface area contributed by atoms with E-state index in [1.54, 1.807) is 12.1 Å². The van der Waals surface area contributed by atoms with Crippen LogP contribution in [0.3, 0.4) is 0 Å². The van der Waals surface area contributed by atoms with Gasteiger partial charge in [-0.2, -0.15) is 13.2 Å². The molecule has 0 radical (unpaired) electrons. The van der Waals surface area contributed by atoms with Crippen LogP contribution in [0.5, 0.6) is 0 Å². The summed E-state index contributed by atoms with van der Waals surface area (Å²) < 4.78 is 36.8. The highest BCUT2D eigenvalue weighted by atomic mass is 19.4. The van der Waals surface area contributed by atoms with Crippen LogP contribution in [0.15, 0.2) is 54.6 Å². The van der Waals surface area contributed by atoms with Crippen molar-refractivity contribution in [3.05, 3.63) is 54.6 Å². The van der Waals surface area contributed by atoms with Gasteiger partial charge in [0.2, 0.25) is 5.91 Å². The topological polar surface area (TPSA) is 58.4 Å². The van der Waals surface area contributed by atoms with Gasteiger partial charge in [0.15, 0.2) is 0 Å². The van der Waals surface area contributed by atoms with Crippen molar-refractivity contribution in [1.29, 1.82) is 0 Å². The summed E-state index contributed by atoms with van der Waals surface area (Å²) in [5, 5.41) is 2.62. The number of hydrogen-bond acceptors (Lipinski definition) is 3. The molecule has 0 aliphatic carbocycles. The Morgan fingerprint density at radius 3 is 2.36 bits per heavy atom. The Bertz CT molecular complexity index is 704. The smallest absolute Gasteiger partial charge is 0.343 e. The van der Waals surface area contributed by atoms with Crippen molar-refractivity contribution in [2.24, 2.45) is 5.73 Å². The quantitative estimate of drug-likeness (QED) is 0.825. The summed E-state index contributed by atoms with van der Waals surface area (Å²) in [6.07, 6.45) is -5.87. The number of rotatable bonds is 6. The molecule has 1 atom stereocenters. The van der Waals surface area contributed by atoms with Crippen LogP contribution in [0.1, 0.15) is 12.8 Å². The van der Waals surface area contributed by atoms with Crippen LogP contribution in [-0.2, 0) is 4.79 Å². The number of nitrogens with two attached hydrogens (primary N) is 1. The van der Waals surface area contributed by atoms with Gasteiger partial charge in [-0.1, -0.05) is 30.3 Å². The summed E-state index contributed by atoms with van der Waals surface area (Å²) in [6, 6.07) is 15.3. The minimum absolute atomic E-state index is 0.452. The molecule has 2 rings (SSSR count). The predicted octanol–water partition coefficient (Wildman–Crippen LogP) is 4.06. The number of hydrogen-bond donors (Lipinski definition) is 2. The van der Waals surface area contributed by atoms with Gasteiger partial charge in [-0.25, -0.2) is 0 Å². The van der Waals surface area contributed by atoms with Crippen LogP contribution in [0.2, 0.25) is 0 Å². The zero-order chi connectivity index (χ0) is 18.4. The van der Waals surface area contributed by atoms with E-state index in [-0.39, 0.29) is 0 Å². The molecule has 0 heterocycles. The molecule has 0 fully saturated rings. The van der Waals surface area contributed by atoms with E-state index in [2.05, 4.69) is 5.32 Å². The normalized spacial score (nSPS) is 12.5. The minimum Gasteiger partial charge on any atom is -0.343 e. The number of carbonyl (C=O) groups is 1. The Hall–Kier alpha value is -2.54. The maximum absolute atomic E-state index is 12.3. The highest BCUT2D eigenvalue weighted by Gasteiger charge is 2.29. The standard InChI is InChI=1S/C18H20F3N3O/c1-24(13-7-3-2-4-8-13)16-10-6-5-9-15(16)23-17(25)14(22)11-12-18(19,20)21/h2-10,14H,11-12,22H2,1H3,(H,23,25). The molecular formula is C18H20F3N3O. The van der Waals surface area contributed by atoms with Crippen LogP contribution >= 0.6 is 0 Å². The fourth-order valence-electron chi connectivity index (χ4n) is 2.34.